The number of methoxy groups -OCH3 is 1. The summed E-state index contributed by atoms with van der Waals surface area (Å²) in [6, 6.07) is 3.86. The number of aromatic hydroxyl groups is 1. The monoisotopic (exact) mass is 285 g/mol. The third kappa shape index (κ3) is 2.33. The quantitative estimate of drug-likeness (QED) is 0.878. The van der Waals surface area contributed by atoms with Crippen molar-refractivity contribution >= 4 is 15.9 Å². The summed E-state index contributed by atoms with van der Waals surface area (Å²) in [6.07, 6.45) is 3.50. The molecule has 0 amide bonds. The molecule has 16 heavy (non-hydrogen) atoms. The van der Waals surface area contributed by atoms with Gasteiger partial charge in [0.15, 0.2) is 0 Å². The second kappa shape index (κ2) is 5.06. The van der Waals surface area contributed by atoms with Crippen LogP contribution in [0.15, 0.2) is 16.6 Å². The highest BCUT2D eigenvalue weighted by Gasteiger charge is 2.19. The summed E-state index contributed by atoms with van der Waals surface area (Å²) in [7, 11) is 1.60. The molecule has 0 saturated carbocycles. The van der Waals surface area contributed by atoms with Crippen LogP contribution in [0.4, 0.5) is 0 Å². The van der Waals surface area contributed by atoms with Gasteiger partial charge < -0.3 is 15.2 Å². The van der Waals surface area contributed by atoms with Crippen LogP contribution in [0.5, 0.6) is 11.5 Å². The van der Waals surface area contributed by atoms with E-state index >= 15 is 0 Å². The Balaban J connectivity index is 2.29. The van der Waals surface area contributed by atoms with Gasteiger partial charge in [0, 0.05) is 17.7 Å². The molecular formula is C12H16BrNO2. The van der Waals surface area contributed by atoms with Gasteiger partial charge in [0.25, 0.3) is 0 Å². The lowest BCUT2D eigenvalue weighted by atomic mass is 9.97. The second-order valence-corrected chi connectivity index (χ2v) is 4.90. The van der Waals surface area contributed by atoms with Gasteiger partial charge >= 0.3 is 0 Å². The summed E-state index contributed by atoms with van der Waals surface area (Å²) in [5, 5.41) is 13.4. The maximum Gasteiger partial charge on any atom is 0.136 e. The Morgan fingerprint density at radius 3 is 2.88 bits per heavy atom. The molecule has 2 N–H and O–H groups in total. The van der Waals surface area contributed by atoms with Crippen molar-refractivity contribution in [1.82, 2.24) is 5.32 Å². The summed E-state index contributed by atoms with van der Waals surface area (Å²) in [6.45, 7) is 1.02. The molecule has 1 saturated heterocycles. The summed E-state index contributed by atoms with van der Waals surface area (Å²) >= 11 is 3.44. The van der Waals surface area contributed by atoms with Crippen molar-refractivity contribution in [2.45, 2.75) is 25.3 Å². The first kappa shape index (κ1) is 11.7. The average Bonchev–Trinajstić information content (AvgIpc) is 2.32. The van der Waals surface area contributed by atoms with Crippen LogP contribution < -0.4 is 10.1 Å². The SMILES string of the molecule is COc1cc(O)c(C2CCCCN2)cc1Br. The molecule has 1 unspecified atom stereocenters. The van der Waals surface area contributed by atoms with Crippen molar-refractivity contribution in [3.8, 4) is 11.5 Å². The molecule has 0 bridgehead atoms. The summed E-state index contributed by atoms with van der Waals surface area (Å²) in [5.41, 5.74) is 0.951. The Bertz CT molecular complexity index is 376. The molecule has 1 heterocycles. The molecule has 1 aromatic rings. The zero-order valence-corrected chi connectivity index (χ0v) is 10.9. The summed E-state index contributed by atoms with van der Waals surface area (Å²) in [5.74, 6) is 0.969. The van der Waals surface area contributed by atoms with E-state index in [1.807, 2.05) is 6.07 Å². The number of nitrogens with one attached hydrogen (secondary N) is 1. The fraction of sp³-hybridized carbons (Fsp3) is 0.500. The molecule has 0 radical (unpaired) electrons. The number of rotatable bonds is 2. The van der Waals surface area contributed by atoms with E-state index in [1.165, 1.54) is 12.8 Å². The Morgan fingerprint density at radius 1 is 1.44 bits per heavy atom. The van der Waals surface area contributed by atoms with Gasteiger partial charge in [0.1, 0.15) is 11.5 Å². The lowest BCUT2D eigenvalue weighted by Gasteiger charge is -2.25. The third-order valence-electron chi connectivity index (χ3n) is 2.99. The van der Waals surface area contributed by atoms with Gasteiger partial charge in [-0.3, -0.25) is 0 Å². The van der Waals surface area contributed by atoms with E-state index in [1.54, 1.807) is 13.2 Å². The molecule has 1 aliphatic heterocycles. The van der Waals surface area contributed by atoms with Gasteiger partial charge in [0.05, 0.1) is 11.6 Å². The standard InChI is InChI=1S/C12H16BrNO2/c1-16-12-7-11(15)8(6-9(12)13)10-4-2-3-5-14-10/h6-7,10,14-15H,2-5H2,1H3. The maximum atomic E-state index is 9.96. The van der Waals surface area contributed by atoms with Gasteiger partial charge in [0.2, 0.25) is 0 Å². The van der Waals surface area contributed by atoms with Crippen LogP contribution in [-0.2, 0) is 0 Å². The fourth-order valence-corrected chi connectivity index (χ4v) is 2.63. The van der Waals surface area contributed by atoms with Crippen LogP contribution in [0.2, 0.25) is 0 Å². The van der Waals surface area contributed by atoms with Crippen LogP contribution in [0.3, 0.4) is 0 Å². The fourth-order valence-electron chi connectivity index (χ4n) is 2.11. The van der Waals surface area contributed by atoms with E-state index in [0.717, 1.165) is 23.0 Å². The molecule has 1 fully saturated rings. The van der Waals surface area contributed by atoms with Gasteiger partial charge in [-0.25, -0.2) is 0 Å². The highest BCUT2D eigenvalue weighted by atomic mass is 79.9. The number of ether oxygens (including phenoxy) is 1. The summed E-state index contributed by atoms with van der Waals surface area (Å²) < 4.78 is 6.03. The Morgan fingerprint density at radius 2 is 2.25 bits per heavy atom. The Kier molecular flexibility index (Phi) is 3.71. The predicted molar refractivity (Wildman–Crippen MR) is 67.0 cm³/mol. The third-order valence-corrected chi connectivity index (χ3v) is 3.61. The first-order valence-corrected chi connectivity index (χ1v) is 6.31. The zero-order chi connectivity index (χ0) is 11.5. The number of benzene rings is 1. The molecule has 0 spiro atoms. The van der Waals surface area contributed by atoms with Gasteiger partial charge in [-0.15, -0.1) is 0 Å². The molecule has 0 aliphatic carbocycles. The number of halogens is 1. The molecular weight excluding hydrogens is 270 g/mol. The number of hydrogen-bond acceptors (Lipinski definition) is 3. The summed E-state index contributed by atoms with van der Waals surface area (Å²) in [4.78, 5) is 0. The lowest BCUT2D eigenvalue weighted by Crippen LogP contribution is -2.26. The minimum atomic E-state index is 0.260. The smallest absolute Gasteiger partial charge is 0.136 e. The molecule has 1 aliphatic rings. The van der Waals surface area contributed by atoms with Gasteiger partial charge in [-0.05, 0) is 41.4 Å². The molecule has 3 nitrogen and oxygen atoms in total. The highest BCUT2D eigenvalue weighted by Crippen LogP contribution is 2.37. The van der Waals surface area contributed by atoms with Crippen molar-refractivity contribution < 1.29 is 9.84 Å². The van der Waals surface area contributed by atoms with Crippen LogP contribution in [0, 0.1) is 0 Å². The van der Waals surface area contributed by atoms with Gasteiger partial charge in [-0.2, -0.15) is 0 Å². The Hall–Kier alpha value is -0.740. The van der Waals surface area contributed by atoms with E-state index in [4.69, 9.17) is 4.74 Å². The zero-order valence-electron chi connectivity index (χ0n) is 9.29. The highest BCUT2D eigenvalue weighted by molar-refractivity contribution is 9.10. The van der Waals surface area contributed by atoms with E-state index in [9.17, 15) is 5.11 Å². The molecule has 2 rings (SSSR count). The molecule has 1 aromatic carbocycles. The predicted octanol–water partition coefficient (Wildman–Crippen LogP) is 2.98. The van der Waals surface area contributed by atoms with Crippen LogP contribution in [-0.4, -0.2) is 18.8 Å². The van der Waals surface area contributed by atoms with Crippen molar-refractivity contribution in [2.75, 3.05) is 13.7 Å². The van der Waals surface area contributed by atoms with Crippen LogP contribution >= 0.6 is 15.9 Å². The van der Waals surface area contributed by atoms with Crippen molar-refractivity contribution in [2.24, 2.45) is 0 Å². The normalized spacial score (nSPS) is 20.8. The van der Waals surface area contributed by atoms with E-state index < -0.39 is 0 Å². The average molecular weight is 286 g/mol. The number of phenolic OH excluding ortho intramolecular Hbond substituents is 1. The Labute approximate surface area is 104 Å². The second-order valence-electron chi connectivity index (χ2n) is 4.05. The first-order chi connectivity index (χ1) is 7.72. The maximum absolute atomic E-state index is 9.96. The van der Waals surface area contributed by atoms with E-state index in [0.29, 0.717) is 11.5 Å². The topological polar surface area (TPSA) is 41.5 Å². The number of hydrogen-bond donors (Lipinski definition) is 2. The van der Waals surface area contributed by atoms with Crippen molar-refractivity contribution in [1.29, 1.82) is 0 Å². The largest absolute Gasteiger partial charge is 0.507 e. The first-order valence-electron chi connectivity index (χ1n) is 5.52. The van der Waals surface area contributed by atoms with Crippen molar-refractivity contribution in [3.05, 3.63) is 22.2 Å². The minimum Gasteiger partial charge on any atom is -0.507 e. The van der Waals surface area contributed by atoms with Crippen molar-refractivity contribution in [3.63, 3.8) is 0 Å². The molecule has 1 atom stereocenters. The molecule has 4 heteroatoms. The van der Waals surface area contributed by atoms with Gasteiger partial charge in [-0.1, -0.05) is 6.42 Å². The lowest BCUT2D eigenvalue weighted by molar-refractivity contribution is 0.381. The minimum absolute atomic E-state index is 0.260. The number of phenols is 1. The molecule has 0 aromatic heterocycles. The van der Waals surface area contributed by atoms with Crippen LogP contribution in [0.25, 0.3) is 0 Å². The van der Waals surface area contributed by atoms with E-state index in [-0.39, 0.29) is 6.04 Å². The number of piperidine rings is 1. The van der Waals surface area contributed by atoms with Crippen LogP contribution in [0.1, 0.15) is 30.9 Å². The molecule has 88 valence electrons. The van der Waals surface area contributed by atoms with E-state index in [2.05, 4.69) is 21.2 Å².